The van der Waals surface area contributed by atoms with Crippen molar-refractivity contribution in [2.75, 3.05) is 34.2 Å². The van der Waals surface area contributed by atoms with Gasteiger partial charge in [-0.15, -0.1) is 0 Å². The summed E-state index contributed by atoms with van der Waals surface area (Å²) in [5.74, 6) is -0.825. The second kappa shape index (κ2) is 7.78. The van der Waals surface area contributed by atoms with Gasteiger partial charge in [0.1, 0.15) is 11.3 Å². The predicted octanol–water partition coefficient (Wildman–Crippen LogP) is -1.94. The third kappa shape index (κ3) is 4.93. The Hall–Kier alpha value is -1.61. The summed E-state index contributed by atoms with van der Waals surface area (Å²) < 4.78 is 0.803. The molecule has 1 aromatic carbocycles. The summed E-state index contributed by atoms with van der Waals surface area (Å²) in [6.07, 6.45) is 0.793. The van der Waals surface area contributed by atoms with Gasteiger partial charge in [-0.25, -0.2) is 0 Å². The number of carbonyl (C=O) groups is 1. The Balaban J connectivity index is 0.00000264. The Bertz CT molecular complexity index is 750. The van der Waals surface area contributed by atoms with Gasteiger partial charge in [-0.3, -0.25) is 9.59 Å². The maximum Gasteiger partial charge on any atom is 0.265 e. The van der Waals surface area contributed by atoms with E-state index in [2.05, 4.69) is 31.4 Å². The van der Waals surface area contributed by atoms with Crippen LogP contribution in [-0.4, -0.2) is 54.7 Å². The lowest BCUT2D eigenvalue weighted by Gasteiger charge is -2.23. The number of aromatic nitrogens is 1. The number of rotatable bonds is 5. The van der Waals surface area contributed by atoms with Gasteiger partial charge in [0, 0.05) is 18.4 Å². The molecule has 1 amide bonds. The van der Waals surface area contributed by atoms with Gasteiger partial charge in [-0.1, -0.05) is 12.1 Å². The van der Waals surface area contributed by atoms with E-state index in [4.69, 9.17) is 0 Å². The van der Waals surface area contributed by atoms with Gasteiger partial charge in [-0.05, 0) is 12.1 Å². The molecule has 6 nitrogen and oxygen atoms in total. The number of hydrogen-bond acceptors (Lipinski definition) is 3. The number of para-hydroxylation sites is 1. The molecule has 3 N–H and O–H groups in total. The molecule has 0 bridgehead atoms. The number of halogens is 1. The third-order valence-corrected chi connectivity index (χ3v) is 3.41. The largest absolute Gasteiger partial charge is 1.00 e. The fourth-order valence-electron chi connectivity index (χ4n) is 2.28. The van der Waals surface area contributed by atoms with Crippen LogP contribution in [0, 0.1) is 0 Å². The van der Waals surface area contributed by atoms with E-state index in [1.165, 1.54) is 0 Å². The van der Waals surface area contributed by atoms with Gasteiger partial charge in [-0.2, -0.15) is 0 Å². The molecule has 1 heterocycles. The molecule has 0 saturated heterocycles. The summed E-state index contributed by atoms with van der Waals surface area (Å²) in [6, 6.07) is 6.83. The van der Waals surface area contributed by atoms with E-state index in [9.17, 15) is 14.7 Å². The molecule has 0 spiro atoms. The number of nitrogens with one attached hydrogen (secondary N) is 2. The number of aromatic amines is 1. The highest BCUT2D eigenvalue weighted by Crippen LogP contribution is 2.24. The predicted molar refractivity (Wildman–Crippen MR) is 86.1 cm³/mol. The van der Waals surface area contributed by atoms with Crippen molar-refractivity contribution in [2.24, 2.45) is 0 Å². The summed E-state index contributed by atoms with van der Waals surface area (Å²) in [7, 11) is 6.21. The average Bonchev–Trinajstić information content (AvgIpc) is 2.42. The van der Waals surface area contributed by atoms with E-state index in [0.29, 0.717) is 17.4 Å². The first-order valence-electron chi connectivity index (χ1n) is 7.22. The van der Waals surface area contributed by atoms with Crippen LogP contribution in [0.5, 0.6) is 5.75 Å². The van der Waals surface area contributed by atoms with Crippen LogP contribution in [-0.2, 0) is 0 Å². The van der Waals surface area contributed by atoms with Crippen LogP contribution < -0.4 is 34.9 Å². The molecular weight excluding hydrogens is 409 g/mol. The number of amides is 1. The standard InChI is InChI=1S/C16H21N3O3.HI/c1-19(2,3)10-6-9-17-15(21)13-14(20)11-7-4-5-8-12(11)18-16(13)22;/h4-5,7-8H,6,9-10H2,1-3H3,(H2-,17,18,20,21,22);1H. The number of H-pyrrole nitrogens is 1. The minimum atomic E-state index is -0.583. The highest BCUT2D eigenvalue weighted by molar-refractivity contribution is 6.01. The monoisotopic (exact) mass is 431 g/mol. The number of nitrogens with zero attached hydrogens (tertiary/aromatic N) is 1. The van der Waals surface area contributed by atoms with E-state index in [-0.39, 0.29) is 35.3 Å². The lowest BCUT2D eigenvalue weighted by atomic mass is 10.1. The smallest absolute Gasteiger partial charge is 0.265 e. The third-order valence-electron chi connectivity index (χ3n) is 3.41. The number of pyridine rings is 1. The fourth-order valence-corrected chi connectivity index (χ4v) is 2.28. The summed E-state index contributed by atoms with van der Waals surface area (Å²) >= 11 is 0. The zero-order valence-corrected chi connectivity index (χ0v) is 15.7. The Morgan fingerprint density at radius 1 is 1.26 bits per heavy atom. The molecule has 126 valence electrons. The summed E-state index contributed by atoms with van der Waals surface area (Å²) in [6.45, 7) is 1.36. The van der Waals surface area contributed by atoms with Crippen LogP contribution in [0.1, 0.15) is 16.8 Å². The van der Waals surface area contributed by atoms with Gasteiger partial charge in [0.15, 0.2) is 0 Å². The SMILES string of the molecule is C[N+](C)(C)CCCNC(=O)c1c(O)c2ccccc2[nH]c1=O.[I-]. The number of aromatic hydroxyl groups is 1. The molecule has 1 aromatic heterocycles. The van der Waals surface area contributed by atoms with Crippen molar-refractivity contribution in [1.82, 2.24) is 10.3 Å². The van der Waals surface area contributed by atoms with Crippen molar-refractivity contribution in [2.45, 2.75) is 6.42 Å². The Morgan fingerprint density at radius 2 is 1.91 bits per heavy atom. The quantitative estimate of drug-likeness (QED) is 0.293. The molecule has 0 aliphatic carbocycles. The van der Waals surface area contributed by atoms with E-state index < -0.39 is 11.5 Å². The summed E-state index contributed by atoms with van der Waals surface area (Å²) in [4.78, 5) is 26.8. The molecular formula is C16H22IN3O3. The first-order valence-corrected chi connectivity index (χ1v) is 7.22. The molecule has 0 aliphatic rings. The van der Waals surface area contributed by atoms with Crippen molar-refractivity contribution >= 4 is 16.8 Å². The molecule has 0 fully saturated rings. The number of carbonyl (C=O) groups excluding carboxylic acids is 1. The molecule has 0 atom stereocenters. The van der Waals surface area contributed by atoms with Crippen LogP contribution in [0.2, 0.25) is 0 Å². The summed E-state index contributed by atoms with van der Waals surface area (Å²) in [5.41, 5.74) is -0.309. The van der Waals surface area contributed by atoms with Crippen LogP contribution in [0.4, 0.5) is 0 Å². The number of benzene rings is 1. The van der Waals surface area contributed by atoms with Crippen LogP contribution in [0.25, 0.3) is 10.9 Å². The first kappa shape index (κ1) is 19.4. The van der Waals surface area contributed by atoms with Crippen molar-refractivity contribution in [3.05, 3.63) is 40.2 Å². The molecule has 0 aliphatic heterocycles. The van der Waals surface area contributed by atoms with Crippen LogP contribution >= 0.6 is 0 Å². The highest BCUT2D eigenvalue weighted by Gasteiger charge is 2.18. The van der Waals surface area contributed by atoms with Crippen LogP contribution in [0.15, 0.2) is 29.1 Å². The lowest BCUT2D eigenvalue weighted by Crippen LogP contribution is -3.00. The Labute approximate surface area is 152 Å². The normalized spacial score (nSPS) is 11.1. The van der Waals surface area contributed by atoms with Gasteiger partial charge in [0.25, 0.3) is 11.5 Å². The maximum atomic E-state index is 12.2. The van der Waals surface area contributed by atoms with Crippen molar-refractivity contribution in [3.8, 4) is 5.75 Å². The molecule has 2 aromatic rings. The Kier molecular flexibility index (Phi) is 6.57. The van der Waals surface area contributed by atoms with Crippen LogP contribution in [0.3, 0.4) is 0 Å². The lowest BCUT2D eigenvalue weighted by molar-refractivity contribution is -0.870. The van der Waals surface area contributed by atoms with E-state index >= 15 is 0 Å². The minimum absolute atomic E-state index is 0. The van der Waals surface area contributed by atoms with Gasteiger partial charge in [0.2, 0.25) is 0 Å². The second-order valence-electron chi connectivity index (χ2n) is 6.35. The molecule has 0 radical (unpaired) electrons. The number of quaternary nitrogens is 1. The van der Waals surface area contributed by atoms with Crippen molar-refractivity contribution in [3.63, 3.8) is 0 Å². The molecule has 23 heavy (non-hydrogen) atoms. The summed E-state index contributed by atoms with van der Waals surface area (Å²) in [5, 5.41) is 13.3. The first-order chi connectivity index (χ1) is 10.3. The van der Waals surface area contributed by atoms with Crippen molar-refractivity contribution in [1.29, 1.82) is 0 Å². The van der Waals surface area contributed by atoms with Gasteiger partial charge in [0.05, 0.1) is 33.2 Å². The maximum absolute atomic E-state index is 12.2. The van der Waals surface area contributed by atoms with E-state index in [0.717, 1.165) is 17.4 Å². The Morgan fingerprint density at radius 3 is 2.57 bits per heavy atom. The van der Waals surface area contributed by atoms with E-state index in [1.54, 1.807) is 24.3 Å². The topological polar surface area (TPSA) is 82.2 Å². The van der Waals surface area contributed by atoms with Gasteiger partial charge >= 0.3 is 0 Å². The zero-order chi connectivity index (χ0) is 16.3. The number of fused-ring (bicyclic) bond motifs is 1. The average molecular weight is 431 g/mol. The molecule has 2 rings (SSSR count). The zero-order valence-electron chi connectivity index (χ0n) is 13.5. The minimum Gasteiger partial charge on any atom is -1.00 e. The number of hydrogen-bond donors (Lipinski definition) is 3. The molecule has 7 heteroatoms. The van der Waals surface area contributed by atoms with E-state index in [1.807, 2.05) is 0 Å². The van der Waals surface area contributed by atoms with Crippen molar-refractivity contribution < 1.29 is 38.4 Å². The second-order valence-corrected chi connectivity index (χ2v) is 6.35. The molecule has 0 unspecified atom stereocenters. The molecule has 0 saturated carbocycles. The van der Waals surface area contributed by atoms with Gasteiger partial charge < -0.3 is 43.9 Å². The highest BCUT2D eigenvalue weighted by atomic mass is 127. The fraction of sp³-hybridized carbons (Fsp3) is 0.375.